The summed E-state index contributed by atoms with van der Waals surface area (Å²) in [4.78, 5) is 18.3. The van der Waals surface area contributed by atoms with E-state index in [0.29, 0.717) is 13.0 Å². The molecule has 21 heavy (non-hydrogen) atoms. The van der Waals surface area contributed by atoms with Gasteiger partial charge in [-0.3, -0.25) is 9.79 Å². The molecule has 1 atom stereocenters. The zero-order valence-corrected chi connectivity index (χ0v) is 15.0. The number of guanidine groups is 1. The average molecular weight is 402 g/mol. The van der Waals surface area contributed by atoms with E-state index in [2.05, 4.69) is 21.7 Å². The SMILES string of the molecule is CCNC(=NCC1CC(=O)Nc2ccccc21)N(C)C.I. The van der Waals surface area contributed by atoms with Crippen LogP contribution in [0.5, 0.6) is 0 Å². The van der Waals surface area contributed by atoms with Crippen LogP contribution in [0, 0.1) is 0 Å². The number of halogens is 1. The fraction of sp³-hybridized carbons (Fsp3) is 0.467. The van der Waals surface area contributed by atoms with E-state index < -0.39 is 0 Å². The number of rotatable bonds is 3. The summed E-state index contributed by atoms with van der Waals surface area (Å²) in [5.74, 6) is 1.07. The van der Waals surface area contributed by atoms with Crippen molar-refractivity contribution in [2.45, 2.75) is 19.3 Å². The van der Waals surface area contributed by atoms with E-state index in [-0.39, 0.29) is 35.8 Å². The zero-order valence-electron chi connectivity index (χ0n) is 12.7. The summed E-state index contributed by atoms with van der Waals surface area (Å²) in [5, 5.41) is 6.14. The van der Waals surface area contributed by atoms with Crippen molar-refractivity contribution in [3.05, 3.63) is 29.8 Å². The molecule has 2 N–H and O–H groups in total. The lowest BCUT2D eigenvalue weighted by atomic mass is 9.91. The summed E-state index contributed by atoms with van der Waals surface area (Å²) in [6, 6.07) is 7.95. The molecule has 1 unspecified atom stereocenters. The Bertz CT molecular complexity index is 516. The Hall–Kier alpha value is -1.31. The third-order valence-corrected chi connectivity index (χ3v) is 3.33. The number of hydrogen-bond acceptors (Lipinski definition) is 2. The maximum absolute atomic E-state index is 11.8. The van der Waals surface area contributed by atoms with Crippen LogP contribution < -0.4 is 10.6 Å². The second kappa shape index (κ2) is 8.21. The van der Waals surface area contributed by atoms with Gasteiger partial charge in [-0.1, -0.05) is 18.2 Å². The van der Waals surface area contributed by atoms with E-state index >= 15 is 0 Å². The largest absolute Gasteiger partial charge is 0.357 e. The maximum Gasteiger partial charge on any atom is 0.225 e. The zero-order chi connectivity index (χ0) is 14.5. The molecule has 6 heteroatoms. The Morgan fingerprint density at radius 3 is 2.81 bits per heavy atom. The van der Waals surface area contributed by atoms with E-state index in [1.54, 1.807) is 0 Å². The van der Waals surface area contributed by atoms with Crippen LogP contribution in [0.2, 0.25) is 0 Å². The summed E-state index contributed by atoms with van der Waals surface area (Å²) in [6.45, 7) is 3.49. The van der Waals surface area contributed by atoms with E-state index in [9.17, 15) is 4.79 Å². The van der Waals surface area contributed by atoms with Crippen molar-refractivity contribution in [3.8, 4) is 0 Å². The van der Waals surface area contributed by atoms with Gasteiger partial charge in [-0.15, -0.1) is 24.0 Å². The van der Waals surface area contributed by atoms with Crippen molar-refractivity contribution in [3.63, 3.8) is 0 Å². The molecule has 5 nitrogen and oxygen atoms in total. The van der Waals surface area contributed by atoms with E-state index in [4.69, 9.17) is 0 Å². The fourth-order valence-corrected chi connectivity index (χ4v) is 2.37. The van der Waals surface area contributed by atoms with E-state index in [0.717, 1.165) is 18.2 Å². The van der Waals surface area contributed by atoms with Crippen LogP contribution in [0.3, 0.4) is 0 Å². The van der Waals surface area contributed by atoms with Gasteiger partial charge in [0.05, 0.1) is 6.54 Å². The highest BCUT2D eigenvalue weighted by Gasteiger charge is 2.24. The molecule has 0 bridgehead atoms. The number of carbonyl (C=O) groups is 1. The highest BCUT2D eigenvalue weighted by atomic mass is 127. The second-order valence-electron chi connectivity index (χ2n) is 5.13. The Balaban J connectivity index is 0.00000220. The van der Waals surface area contributed by atoms with Gasteiger partial charge in [0.15, 0.2) is 5.96 Å². The van der Waals surface area contributed by atoms with E-state index in [1.807, 2.05) is 44.1 Å². The van der Waals surface area contributed by atoms with Gasteiger partial charge in [0, 0.05) is 38.7 Å². The van der Waals surface area contributed by atoms with Gasteiger partial charge in [-0.25, -0.2) is 0 Å². The van der Waals surface area contributed by atoms with Gasteiger partial charge in [0.1, 0.15) is 0 Å². The molecule has 1 aliphatic rings. The topological polar surface area (TPSA) is 56.7 Å². The number of benzene rings is 1. The van der Waals surface area contributed by atoms with Gasteiger partial charge in [0.2, 0.25) is 5.91 Å². The first-order valence-corrected chi connectivity index (χ1v) is 6.96. The lowest BCUT2D eigenvalue weighted by Crippen LogP contribution is -2.36. The van der Waals surface area contributed by atoms with Crippen molar-refractivity contribution in [1.29, 1.82) is 0 Å². The van der Waals surface area contributed by atoms with Gasteiger partial charge < -0.3 is 15.5 Å². The van der Waals surface area contributed by atoms with Crippen LogP contribution >= 0.6 is 24.0 Å². The number of nitrogens with one attached hydrogen (secondary N) is 2. The highest BCUT2D eigenvalue weighted by Crippen LogP contribution is 2.31. The minimum Gasteiger partial charge on any atom is -0.357 e. The summed E-state index contributed by atoms with van der Waals surface area (Å²) in [5.41, 5.74) is 2.09. The fourth-order valence-electron chi connectivity index (χ4n) is 2.37. The molecule has 1 aromatic rings. The second-order valence-corrected chi connectivity index (χ2v) is 5.13. The quantitative estimate of drug-likeness (QED) is 0.463. The van der Waals surface area contributed by atoms with Crippen molar-refractivity contribution in [2.75, 3.05) is 32.5 Å². The van der Waals surface area contributed by atoms with Gasteiger partial charge in [-0.2, -0.15) is 0 Å². The minimum atomic E-state index is 0. The average Bonchev–Trinajstić information content (AvgIpc) is 2.42. The summed E-state index contributed by atoms with van der Waals surface area (Å²) >= 11 is 0. The standard InChI is InChI=1S/C15H22N4O.HI/c1-4-16-15(19(2)3)17-10-11-9-14(20)18-13-8-6-5-7-12(11)13;/h5-8,11H,4,9-10H2,1-3H3,(H,16,17)(H,18,20);1H. The minimum absolute atomic E-state index is 0. The number of nitrogens with zero attached hydrogens (tertiary/aromatic N) is 2. The van der Waals surface area contributed by atoms with Crippen LogP contribution in [-0.2, 0) is 4.79 Å². The Morgan fingerprint density at radius 1 is 1.43 bits per heavy atom. The molecule has 0 radical (unpaired) electrons. The number of para-hydroxylation sites is 1. The first kappa shape index (κ1) is 17.7. The van der Waals surface area contributed by atoms with Crippen LogP contribution in [0.15, 0.2) is 29.3 Å². The Morgan fingerprint density at radius 2 is 2.14 bits per heavy atom. The molecular weight excluding hydrogens is 379 g/mol. The van der Waals surface area contributed by atoms with Crippen molar-refractivity contribution in [2.24, 2.45) is 4.99 Å². The molecular formula is C15H23IN4O. The van der Waals surface area contributed by atoms with Crippen LogP contribution in [-0.4, -0.2) is 44.0 Å². The number of hydrogen-bond donors (Lipinski definition) is 2. The molecule has 0 spiro atoms. The molecule has 0 saturated heterocycles. The van der Waals surface area contributed by atoms with Crippen molar-refractivity contribution >= 4 is 41.5 Å². The third kappa shape index (κ3) is 4.59. The summed E-state index contributed by atoms with van der Waals surface area (Å²) in [7, 11) is 3.92. The molecule has 116 valence electrons. The molecule has 0 aromatic heterocycles. The number of aliphatic imine (C=N–C) groups is 1. The molecule has 0 saturated carbocycles. The van der Waals surface area contributed by atoms with Gasteiger partial charge >= 0.3 is 0 Å². The molecule has 0 aliphatic carbocycles. The van der Waals surface area contributed by atoms with Crippen LogP contribution in [0.25, 0.3) is 0 Å². The van der Waals surface area contributed by atoms with Crippen LogP contribution in [0.1, 0.15) is 24.8 Å². The Kier molecular flexibility index (Phi) is 6.94. The normalized spacial score (nSPS) is 17.4. The number of fused-ring (bicyclic) bond motifs is 1. The number of amides is 1. The molecule has 2 rings (SSSR count). The molecule has 1 heterocycles. The predicted molar refractivity (Wildman–Crippen MR) is 97.5 cm³/mol. The number of carbonyl (C=O) groups excluding carboxylic acids is 1. The predicted octanol–water partition coefficient (Wildman–Crippen LogP) is 2.26. The van der Waals surface area contributed by atoms with Crippen molar-refractivity contribution < 1.29 is 4.79 Å². The molecule has 1 aliphatic heterocycles. The molecule has 1 aromatic carbocycles. The molecule has 0 fully saturated rings. The van der Waals surface area contributed by atoms with Crippen molar-refractivity contribution in [1.82, 2.24) is 10.2 Å². The molecule has 1 amide bonds. The monoisotopic (exact) mass is 402 g/mol. The number of anilines is 1. The third-order valence-electron chi connectivity index (χ3n) is 3.33. The lowest BCUT2D eigenvalue weighted by Gasteiger charge is -2.25. The summed E-state index contributed by atoms with van der Waals surface area (Å²) in [6.07, 6.45) is 0.493. The smallest absolute Gasteiger partial charge is 0.225 e. The Labute approximate surface area is 143 Å². The lowest BCUT2D eigenvalue weighted by molar-refractivity contribution is -0.116. The highest BCUT2D eigenvalue weighted by molar-refractivity contribution is 14.0. The van der Waals surface area contributed by atoms with Gasteiger partial charge in [0.25, 0.3) is 0 Å². The summed E-state index contributed by atoms with van der Waals surface area (Å²) < 4.78 is 0. The maximum atomic E-state index is 11.8. The first-order valence-electron chi connectivity index (χ1n) is 6.96. The first-order chi connectivity index (χ1) is 9.61. The van der Waals surface area contributed by atoms with Gasteiger partial charge in [-0.05, 0) is 18.6 Å². The van der Waals surface area contributed by atoms with Crippen LogP contribution in [0.4, 0.5) is 5.69 Å². The van der Waals surface area contributed by atoms with E-state index in [1.165, 1.54) is 5.56 Å².